The van der Waals surface area contributed by atoms with Gasteiger partial charge in [-0.2, -0.15) is 0 Å². The second-order valence-corrected chi connectivity index (χ2v) is 25.1. The number of ether oxygens (including phenoxy) is 1. The Hall–Kier alpha value is -11.5. The molecule has 7 heterocycles. The number of carboxylic acid groups (broad SMARTS) is 3. The van der Waals surface area contributed by atoms with E-state index in [2.05, 4.69) is 41.2 Å². The van der Waals surface area contributed by atoms with E-state index in [0.29, 0.717) is 44.3 Å². The third kappa shape index (κ3) is 44.5. The van der Waals surface area contributed by atoms with Crippen LogP contribution in [-0.4, -0.2) is 359 Å². The van der Waals surface area contributed by atoms with Gasteiger partial charge in [0.1, 0.15) is 0 Å². The van der Waals surface area contributed by atoms with Gasteiger partial charge in [-0.05, 0) is 6.42 Å². The molecule has 15 amide bonds. The van der Waals surface area contributed by atoms with E-state index in [1.165, 1.54) is 72.9 Å². The fourth-order valence-electron chi connectivity index (χ4n) is 9.66. The average molecular weight is 1690 g/mol. The molecule has 638 valence electrons. The predicted octanol–water partition coefficient (Wildman–Crippen LogP) is -11.1. The maximum Gasteiger partial charge on any atom is 1.00 e. The molecule has 1 atom stereocenters. The van der Waals surface area contributed by atoms with Crippen LogP contribution in [0.1, 0.15) is 6.42 Å². The van der Waals surface area contributed by atoms with Gasteiger partial charge >= 0.3 is 59.4 Å². The maximum atomic E-state index is 11.7. The number of allylic oxidation sites excluding steroid dienone is 2. The minimum atomic E-state index is -4.03. The van der Waals surface area contributed by atoms with Crippen molar-refractivity contribution in [2.45, 2.75) is 6.42 Å². The summed E-state index contributed by atoms with van der Waals surface area (Å²) in [7, 11) is -2.97. The van der Waals surface area contributed by atoms with Crippen molar-refractivity contribution in [1.82, 2.24) is 64.9 Å². The fourth-order valence-corrected chi connectivity index (χ4v) is 10.1. The Kier molecular flexibility index (Phi) is 53.4. The molecule has 0 saturated carbocycles. The van der Waals surface area contributed by atoms with Crippen molar-refractivity contribution in [2.75, 3.05) is 171 Å². The molecule has 1 unspecified atom stereocenters. The van der Waals surface area contributed by atoms with Crippen molar-refractivity contribution >= 4 is 126 Å². The number of nitrogens with one attached hydrogen (secondary N) is 3. The normalized spacial score (nSPS) is 15.5. The largest absolute Gasteiger partial charge is 1.00 e. The van der Waals surface area contributed by atoms with E-state index in [1.54, 1.807) is 32.9 Å². The Labute approximate surface area is 697 Å². The van der Waals surface area contributed by atoms with Gasteiger partial charge in [0.05, 0.1) is 6.61 Å². The summed E-state index contributed by atoms with van der Waals surface area (Å²) in [5, 5.41) is 32.9. The molecule has 0 aromatic heterocycles. The first-order chi connectivity index (χ1) is 55.1. The van der Waals surface area contributed by atoms with Crippen molar-refractivity contribution in [3.05, 3.63) is 146 Å². The molecule has 7 aliphatic rings. The fraction of sp³-hybridized carbons (Fsp3) is 0.380. The van der Waals surface area contributed by atoms with Gasteiger partial charge in [-0.25, -0.2) is 24.0 Å². The second kappa shape index (κ2) is 59.2. The zero-order valence-corrected chi connectivity index (χ0v) is 67.5. The number of nitrogens with zero attached hydrogens (tertiary/aromatic N) is 10. The van der Waals surface area contributed by atoms with E-state index >= 15 is 0 Å². The first-order valence-corrected chi connectivity index (χ1v) is 36.6. The van der Waals surface area contributed by atoms with Crippen LogP contribution in [0.5, 0.6) is 0 Å². The van der Waals surface area contributed by atoms with Crippen LogP contribution in [0.4, 0.5) is 0 Å². The number of imide groups is 6. The molecular formula is C71H94N16NaO29P. The summed E-state index contributed by atoms with van der Waals surface area (Å²) in [6.07, 6.45) is 26.6. The molecule has 7 aliphatic heterocycles. The van der Waals surface area contributed by atoms with Crippen molar-refractivity contribution < 1.29 is 169 Å². The predicted molar refractivity (Wildman–Crippen MR) is 406 cm³/mol. The molecule has 118 heavy (non-hydrogen) atoms. The number of hydrogen-bond acceptors (Lipinski definition) is 32. The van der Waals surface area contributed by atoms with E-state index in [1.807, 2.05) is 0 Å². The molecule has 0 fully saturated rings. The quantitative estimate of drug-likeness (QED) is 0.00399. The SMILES string of the molecule is C=C/C=C/CCOP(=O)([O-])OC.NCCN(CCN)CCN.O.O=C(O)/C=C\C(=O)NCCN(CCNC(=O)/C=C\C(=O)O)CCNC(=O)/C=C\C(=O)O.O=C1C=CC(=O)N1CCN(CCN1C(=O)C=CC1=O)CCN1C(=O)C=CC1=O.O=C1C=CC(=O)N1CCN(CCN1C(=O)C=CC1=O)CCN1C(=O)C=CC1=O.O=C1C=CC(=O)O1.[Na+]. The Balaban J connectivity index is 0.00000148. The van der Waals surface area contributed by atoms with E-state index in [-0.39, 0.29) is 159 Å². The minimum Gasteiger partial charge on any atom is -0.756 e. The van der Waals surface area contributed by atoms with Gasteiger partial charge in [-0.3, -0.25) is 125 Å². The van der Waals surface area contributed by atoms with Crippen LogP contribution in [0, 0.1) is 0 Å². The van der Waals surface area contributed by atoms with Gasteiger partial charge in [0, 0.05) is 286 Å². The number of nitrogens with two attached hydrogens (primary N) is 3. The summed E-state index contributed by atoms with van der Waals surface area (Å²) in [6, 6.07) is 0. The number of carbonyl (C=O) groups excluding carboxylic acids is 17. The summed E-state index contributed by atoms with van der Waals surface area (Å²) in [6.45, 7) is 11.9. The van der Waals surface area contributed by atoms with Gasteiger partial charge in [-0.1, -0.05) is 24.8 Å². The summed E-state index contributed by atoms with van der Waals surface area (Å²) in [5.41, 5.74) is 16.1. The summed E-state index contributed by atoms with van der Waals surface area (Å²) >= 11 is 0. The van der Waals surface area contributed by atoms with E-state index < -0.39 is 126 Å². The van der Waals surface area contributed by atoms with Crippen LogP contribution in [-0.2, 0) is 114 Å². The van der Waals surface area contributed by atoms with Crippen LogP contribution in [0.3, 0.4) is 0 Å². The number of carboxylic acids is 3. The number of cyclic esters (lactones) is 2. The Morgan fingerprint density at radius 1 is 0.415 bits per heavy atom. The number of phosphoric ester groups is 1. The number of esters is 2. The molecule has 7 rings (SSSR count). The first-order valence-electron chi connectivity index (χ1n) is 35.1. The molecule has 0 spiro atoms. The van der Waals surface area contributed by atoms with E-state index in [4.69, 9.17) is 32.5 Å². The van der Waals surface area contributed by atoms with Gasteiger partial charge in [-0.15, -0.1) is 0 Å². The van der Waals surface area contributed by atoms with Gasteiger partial charge in [0.25, 0.3) is 78.7 Å². The van der Waals surface area contributed by atoms with E-state index in [9.17, 15) is 105 Å². The minimum absolute atomic E-state index is 0. The number of hydrogen-bond donors (Lipinski definition) is 9. The van der Waals surface area contributed by atoms with Crippen molar-refractivity contribution in [1.29, 1.82) is 0 Å². The summed E-state index contributed by atoms with van der Waals surface area (Å²) in [5.74, 6) is -11.7. The summed E-state index contributed by atoms with van der Waals surface area (Å²) in [4.78, 5) is 250. The van der Waals surface area contributed by atoms with Crippen molar-refractivity contribution in [3.8, 4) is 0 Å². The van der Waals surface area contributed by atoms with Crippen LogP contribution in [0.15, 0.2) is 146 Å². The summed E-state index contributed by atoms with van der Waals surface area (Å²) < 4.78 is 23.0. The van der Waals surface area contributed by atoms with Gasteiger partial charge < -0.3 is 72.6 Å². The third-order valence-electron chi connectivity index (χ3n) is 15.5. The van der Waals surface area contributed by atoms with Gasteiger partial charge in [0.2, 0.25) is 17.7 Å². The monoisotopic (exact) mass is 1690 g/mol. The molecule has 14 N–H and O–H groups in total. The molecule has 0 bridgehead atoms. The molecule has 0 aromatic carbocycles. The Morgan fingerprint density at radius 2 is 0.636 bits per heavy atom. The molecule has 0 saturated heterocycles. The number of phosphoric acid groups is 1. The van der Waals surface area contributed by atoms with Crippen LogP contribution in [0.25, 0.3) is 0 Å². The molecule has 0 aromatic rings. The number of carbonyl (C=O) groups is 20. The van der Waals surface area contributed by atoms with Crippen molar-refractivity contribution in [3.63, 3.8) is 0 Å². The average Bonchev–Trinajstić information content (AvgIpc) is 1.72. The van der Waals surface area contributed by atoms with Gasteiger partial charge in [0.15, 0.2) is 0 Å². The molecule has 0 aliphatic carbocycles. The Bertz CT molecular complexity index is 3430. The first kappa shape index (κ1) is 106. The maximum absolute atomic E-state index is 11.7. The van der Waals surface area contributed by atoms with E-state index in [0.717, 1.165) is 86.5 Å². The van der Waals surface area contributed by atoms with Crippen LogP contribution >= 0.6 is 7.82 Å². The zero-order chi connectivity index (χ0) is 86.7. The molecule has 45 nitrogen and oxygen atoms in total. The Morgan fingerprint density at radius 3 is 0.822 bits per heavy atom. The smallest absolute Gasteiger partial charge is 0.756 e. The third-order valence-corrected chi connectivity index (χ3v) is 16.4. The molecule has 0 radical (unpaired) electrons. The standard InChI is InChI=1S/C18H24N4O9.2C18H18N4O6.C7H13O4P.C6H18N4.C4H2O3.Na.H2O/c23-13(1-4-16(26)27)19-7-10-22(11-8-20-14(24)2-5-17(28)29)12-9-21-15(25)3-6-18(30)31;2*23-13-1-2-14(24)20(13)10-7-19(8-11-21-15(25)3-4-16(21)26)9-12-22-17(27)5-6-18(22)28;1-3-4-5-6-7-11-12(8,9)10-2;7-1-4-10(5-2-8)6-3-9;5-3-1-2-4(6)7-3;;/h1-6H,7-12H2,(H,19,23)(H,20,24)(H,21,25)(H,26,27)(H,28,29)(H,30,31);2*1-6H,7-12H2;3-5H,1,6-7H2,2H3,(H,8,9);1-9H2;1-2H;;1H2/q;;;;;;+1;/p-1/b4-1-,5-2-,6-3-;;;5-4+;;;;. The van der Waals surface area contributed by atoms with Crippen LogP contribution in [0.2, 0.25) is 0 Å². The molecular weight excluding hydrogens is 1590 g/mol. The number of aliphatic carboxylic acids is 3. The van der Waals surface area contributed by atoms with Crippen molar-refractivity contribution in [2.24, 2.45) is 17.2 Å². The number of amides is 15. The number of rotatable bonds is 45. The molecule has 47 heteroatoms. The topological polar surface area (TPSA) is 648 Å². The second-order valence-electron chi connectivity index (χ2n) is 23.6. The van der Waals surface area contributed by atoms with Crippen LogP contribution < -0.4 is 67.6 Å². The zero-order valence-electron chi connectivity index (χ0n) is 64.6.